The van der Waals surface area contributed by atoms with E-state index in [0.29, 0.717) is 36.9 Å². The average Bonchev–Trinajstić information content (AvgIpc) is 3.25. The molecular weight excluding hydrogens is 450 g/mol. The Morgan fingerprint density at radius 3 is 2.50 bits per heavy atom. The molecule has 3 rings (SSSR count). The van der Waals surface area contributed by atoms with Gasteiger partial charge in [-0.15, -0.1) is 11.3 Å². The first-order chi connectivity index (χ1) is 15.3. The van der Waals surface area contributed by atoms with E-state index in [-0.39, 0.29) is 17.0 Å². The molecule has 172 valence electrons. The lowest BCUT2D eigenvalue weighted by atomic mass is 10.2. The molecule has 0 bridgehead atoms. The summed E-state index contributed by atoms with van der Waals surface area (Å²) in [6, 6.07) is 8.23. The summed E-state index contributed by atoms with van der Waals surface area (Å²) in [6.07, 6.45) is 1.38. The number of methoxy groups -OCH3 is 1. The largest absolute Gasteiger partial charge is 0.493 e. The van der Waals surface area contributed by atoms with Crippen LogP contribution >= 0.6 is 11.3 Å². The Labute approximate surface area is 192 Å². The standard InChI is InChI=1S/C22H27N3O5S2/c1-5-25(6-2)32(27,28)18-9-11-21(26)24(14-18)13-17-15-31-22(23-17)16-8-10-19(30-7-3)20(12-16)29-4/h8-12,14-15H,5-7,13H2,1-4H3. The molecule has 0 aliphatic carbocycles. The quantitative estimate of drug-likeness (QED) is 0.444. The van der Waals surface area contributed by atoms with Crippen molar-refractivity contribution in [2.24, 2.45) is 0 Å². The number of sulfonamides is 1. The zero-order chi connectivity index (χ0) is 23.3. The molecule has 32 heavy (non-hydrogen) atoms. The van der Waals surface area contributed by atoms with Crippen LogP contribution in [0.25, 0.3) is 10.6 Å². The topological polar surface area (TPSA) is 90.7 Å². The summed E-state index contributed by atoms with van der Waals surface area (Å²) in [5.74, 6) is 1.28. The van der Waals surface area contributed by atoms with Crippen molar-refractivity contribution in [2.45, 2.75) is 32.2 Å². The van der Waals surface area contributed by atoms with E-state index in [1.807, 2.05) is 30.5 Å². The van der Waals surface area contributed by atoms with E-state index >= 15 is 0 Å². The van der Waals surface area contributed by atoms with E-state index in [1.165, 1.54) is 38.5 Å². The maximum atomic E-state index is 12.8. The van der Waals surface area contributed by atoms with Crippen LogP contribution in [-0.4, -0.2) is 49.1 Å². The highest BCUT2D eigenvalue weighted by molar-refractivity contribution is 7.89. The lowest BCUT2D eigenvalue weighted by molar-refractivity contribution is 0.311. The summed E-state index contributed by atoms with van der Waals surface area (Å²) >= 11 is 1.44. The SMILES string of the molecule is CCOc1ccc(-c2nc(Cn3cc(S(=O)(=O)N(CC)CC)ccc3=O)cs2)cc1OC. The summed E-state index contributed by atoms with van der Waals surface area (Å²) in [4.78, 5) is 17.1. The van der Waals surface area contributed by atoms with Crippen molar-refractivity contribution in [3.05, 3.63) is 58.0 Å². The molecule has 8 nitrogen and oxygen atoms in total. The second-order valence-corrected chi connectivity index (χ2v) is 9.66. The van der Waals surface area contributed by atoms with E-state index in [0.717, 1.165) is 10.6 Å². The zero-order valence-electron chi connectivity index (χ0n) is 18.6. The molecule has 0 saturated carbocycles. The van der Waals surface area contributed by atoms with Crippen molar-refractivity contribution in [2.75, 3.05) is 26.8 Å². The molecule has 0 atom stereocenters. The Hall–Kier alpha value is -2.69. The highest BCUT2D eigenvalue weighted by Crippen LogP contribution is 2.33. The Morgan fingerprint density at radius 1 is 1.09 bits per heavy atom. The van der Waals surface area contributed by atoms with Gasteiger partial charge in [0.25, 0.3) is 5.56 Å². The van der Waals surface area contributed by atoms with Crippen LogP contribution in [-0.2, 0) is 16.6 Å². The van der Waals surface area contributed by atoms with Crippen molar-refractivity contribution in [1.29, 1.82) is 0 Å². The van der Waals surface area contributed by atoms with Crippen LogP contribution in [0, 0.1) is 0 Å². The molecule has 0 N–H and O–H groups in total. The van der Waals surface area contributed by atoms with Gasteiger partial charge in [0, 0.05) is 36.3 Å². The van der Waals surface area contributed by atoms with Crippen molar-refractivity contribution in [3.63, 3.8) is 0 Å². The molecule has 0 unspecified atom stereocenters. The number of hydrogen-bond donors (Lipinski definition) is 0. The van der Waals surface area contributed by atoms with E-state index in [2.05, 4.69) is 4.98 Å². The van der Waals surface area contributed by atoms with Crippen molar-refractivity contribution in [1.82, 2.24) is 13.9 Å². The smallest absolute Gasteiger partial charge is 0.250 e. The van der Waals surface area contributed by atoms with Gasteiger partial charge in [0.1, 0.15) is 5.01 Å². The molecule has 0 aliphatic heterocycles. The Morgan fingerprint density at radius 2 is 1.84 bits per heavy atom. The lowest BCUT2D eigenvalue weighted by Gasteiger charge is -2.18. The van der Waals surface area contributed by atoms with Crippen LogP contribution in [0.3, 0.4) is 0 Å². The maximum Gasteiger partial charge on any atom is 0.250 e. The number of ether oxygens (including phenoxy) is 2. The van der Waals surface area contributed by atoms with Gasteiger partial charge < -0.3 is 14.0 Å². The van der Waals surface area contributed by atoms with Gasteiger partial charge in [-0.25, -0.2) is 13.4 Å². The number of hydrogen-bond acceptors (Lipinski definition) is 7. The minimum Gasteiger partial charge on any atom is -0.493 e. The van der Waals surface area contributed by atoms with Gasteiger partial charge in [-0.05, 0) is 31.2 Å². The number of pyridine rings is 1. The Kier molecular flexibility index (Phi) is 7.70. The molecule has 0 amide bonds. The van der Waals surface area contributed by atoms with Gasteiger partial charge in [-0.2, -0.15) is 4.31 Å². The molecule has 3 aromatic rings. The molecule has 1 aromatic carbocycles. The fraction of sp³-hybridized carbons (Fsp3) is 0.364. The average molecular weight is 478 g/mol. The van der Waals surface area contributed by atoms with E-state index in [9.17, 15) is 13.2 Å². The third-order valence-electron chi connectivity index (χ3n) is 4.89. The van der Waals surface area contributed by atoms with E-state index in [4.69, 9.17) is 9.47 Å². The monoisotopic (exact) mass is 477 g/mol. The number of rotatable bonds is 10. The van der Waals surface area contributed by atoms with Gasteiger partial charge in [0.15, 0.2) is 11.5 Å². The number of thiazole rings is 1. The highest BCUT2D eigenvalue weighted by atomic mass is 32.2. The maximum absolute atomic E-state index is 12.8. The van der Waals surface area contributed by atoms with Crippen LogP contribution in [0.15, 0.2) is 51.6 Å². The molecule has 2 aromatic heterocycles. The summed E-state index contributed by atoms with van der Waals surface area (Å²) in [5, 5.41) is 2.62. The third kappa shape index (κ3) is 5.03. The molecule has 0 fully saturated rings. The Balaban J connectivity index is 1.88. The van der Waals surface area contributed by atoms with E-state index in [1.54, 1.807) is 21.0 Å². The molecule has 10 heteroatoms. The molecule has 0 spiro atoms. The first kappa shape index (κ1) is 24.0. The lowest BCUT2D eigenvalue weighted by Crippen LogP contribution is -2.32. The number of nitrogens with zero attached hydrogens (tertiary/aromatic N) is 3. The second kappa shape index (κ2) is 10.3. The fourth-order valence-corrected chi connectivity index (χ4v) is 5.55. The molecule has 2 heterocycles. The summed E-state index contributed by atoms with van der Waals surface area (Å²) in [6.45, 7) is 6.90. The summed E-state index contributed by atoms with van der Waals surface area (Å²) < 4.78 is 39.3. The third-order valence-corrected chi connectivity index (χ3v) is 7.87. The Bertz CT molecular complexity index is 1230. The summed E-state index contributed by atoms with van der Waals surface area (Å²) in [7, 11) is -2.07. The molecule has 0 radical (unpaired) electrons. The molecule has 0 saturated heterocycles. The minimum atomic E-state index is -3.66. The van der Waals surface area contributed by atoms with Gasteiger partial charge in [0.2, 0.25) is 10.0 Å². The predicted molar refractivity (Wildman–Crippen MR) is 125 cm³/mol. The highest BCUT2D eigenvalue weighted by Gasteiger charge is 2.22. The van der Waals surface area contributed by atoms with Crippen LogP contribution in [0.4, 0.5) is 0 Å². The normalized spacial score (nSPS) is 11.7. The van der Waals surface area contributed by atoms with Gasteiger partial charge >= 0.3 is 0 Å². The van der Waals surface area contributed by atoms with Gasteiger partial charge in [-0.1, -0.05) is 13.8 Å². The minimum absolute atomic E-state index is 0.0903. The molecule has 0 aliphatic rings. The first-order valence-corrected chi connectivity index (χ1v) is 12.6. The van der Waals surface area contributed by atoms with Crippen LogP contribution in [0.2, 0.25) is 0 Å². The number of benzene rings is 1. The predicted octanol–water partition coefficient (Wildman–Crippen LogP) is 3.46. The van der Waals surface area contributed by atoms with Crippen LogP contribution in [0.1, 0.15) is 26.5 Å². The van der Waals surface area contributed by atoms with Crippen LogP contribution < -0.4 is 15.0 Å². The van der Waals surface area contributed by atoms with E-state index < -0.39 is 10.0 Å². The fourth-order valence-electron chi connectivity index (χ4n) is 3.26. The summed E-state index contributed by atoms with van der Waals surface area (Å²) in [5.41, 5.74) is 1.24. The first-order valence-electron chi connectivity index (χ1n) is 10.3. The van der Waals surface area contributed by atoms with Gasteiger partial charge in [0.05, 0.1) is 30.9 Å². The zero-order valence-corrected chi connectivity index (χ0v) is 20.2. The number of aromatic nitrogens is 2. The van der Waals surface area contributed by atoms with Crippen molar-refractivity contribution >= 4 is 21.4 Å². The second-order valence-electron chi connectivity index (χ2n) is 6.86. The van der Waals surface area contributed by atoms with Crippen molar-refractivity contribution in [3.8, 4) is 22.1 Å². The van der Waals surface area contributed by atoms with Crippen LogP contribution in [0.5, 0.6) is 11.5 Å². The molecular formula is C22H27N3O5S2. The van der Waals surface area contributed by atoms with Gasteiger partial charge in [-0.3, -0.25) is 4.79 Å². The van der Waals surface area contributed by atoms with Crippen molar-refractivity contribution < 1.29 is 17.9 Å².